The van der Waals surface area contributed by atoms with Crippen LogP contribution < -0.4 is 15.4 Å². The van der Waals surface area contributed by atoms with E-state index < -0.39 is 30.8 Å². The second-order valence-corrected chi connectivity index (χ2v) is 8.41. The van der Waals surface area contributed by atoms with E-state index in [1.807, 2.05) is 78.9 Å². The van der Waals surface area contributed by atoms with Gasteiger partial charge in [-0.05, 0) is 54.2 Å². The largest absolute Gasteiger partial charge is 0.497 e. The summed E-state index contributed by atoms with van der Waals surface area (Å²) in [5.74, 6) is -2.18. The zero-order chi connectivity index (χ0) is 25.2. The van der Waals surface area contributed by atoms with Gasteiger partial charge >= 0.3 is 7.12 Å². The molecule has 182 valence electrons. The van der Waals surface area contributed by atoms with Crippen LogP contribution in [0.25, 0.3) is 11.1 Å². The van der Waals surface area contributed by atoms with Crippen molar-refractivity contribution in [2.75, 3.05) is 13.7 Å². The normalized spacial score (nSPS) is 12.3. The number of amides is 2. The summed E-state index contributed by atoms with van der Waals surface area (Å²) >= 11 is 0. The lowest BCUT2D eigenvalue weighted by atomic mass is 9.75. The number of nitrogens with one attached hydrogen (secondary N) is 2. The molecule has 0 bridgehead atoms. The number of benzene rings is 3. The smallest absolute Gasteiger partial charge is 0.475 e. The van der Waals surface area contributed by atoms with Crippen LogP contribution in [0.2, 0.25) is 0 Å². The first-order valence-corrected chi connectivity index (χ1v) is 11.6. The summed E-state index contributed by atoms with van der Waals surface area (Å²) in [7, 11) is -0.173. The lowest BCUT2D eigenvalue weighted by Gasteiger charge is -2.20. The van der Waals surface area contributed by atoms with Crippen molar-refractivity contribution in [2.45, 2.75) is 25.7 Å². The molecule has 0 saturated carbocycles. The molecule has 0 fully saturated rings. The molecular weight excluding hydrogens is 443 g/mol. The molecule has 0 aliphatic carbocycles. The Morgan fingerprint density at radius 3 is 2.23 bits per heavy atom. The number of methoxy groups -OCH3 is 1. The van der Waals surface area contributed by atoms with E-state index in [9.17, 15) is 19.6 Å². The third-order valence-electron chi connectivity index (χ3n) is 5.84. The number of carbonyl (C=O) groups is 2. The van der Waals surface area contributed by atoms with Crippen LogP contribution in [0.3, 0.4) is 0 Å². The van der Waals surface area contributed by atoms with E-state index in [4.69, 9.17) is 4.74 Å². The Kier molecular flexibility index (Phi) is 9.46. The first-order valence-electron chi connectivity index (χ1n) is 11.6. The average Bonchev–Trinajstić information content (AvgIpc) is 2.88. The van der Waals surface area contributed by atoms with Crippen LogP contribution in [0.15, 0.2) is 78.9 Å². The van der Waals surface area contributed by atoms with Crippen LogP contribution in [0.4, 0.5) is 0 Å². The van der Waals surface area contributed by atoms with Gasteiger partial charge < -0.3 is 25.4 Å². The molecule has 0 saturated heterocycles. The zero-order valence-corrected chi connectivity index (χ0v) is 20.0. The maximum absolute atomic E-state index is 12.6. The highest BCUT2D eigenvalue weighted by molar-refractivity contribution is 6.43. The van der Waals surface area contributed by atoms with E-state index in [-0.39, 0.29) is 6.42 Å². The van der Waals surface area contributed by atoms with Gasteiger partial charge in [-0.3, -0.25) is 9.59 Å². The standard InChI is InChI=1S/C27H31BN2O5/c1-19(26(31)29-16-15-20-7-6-10-24(17-20)35-2)27(32)30-25(28(33)34)18-21-11-13-23(14-12-21)22-8-4-3-5-9-22/h3-14,17,19,25,33-34H,15-16,18H2,1-2H3,(H,29,31)(H,30,32). The number of rotatable bonds is 11. The molecule has 3 aromatic rings. The van der Waals surface area contributed by atoms with Gasteiger partial charge in [-0.25, -0.2) is 0 Å². The number of hydrogen-bond acceptors (Lipinski definition) is 5. The quantitative estimate of drug-likeness (QED) is 0.252. The second kappa shape index (κ2) is 12.7. The SMILES string of the molecule is COc1cccc(CCNC(=O)C(C)C(=O)NC(Cc2ccc(-c3ccccc3)cc2)B(O)O)c1. The van der Waals surface area contributed by atoms with Gasteiger partial charge in [-0.2, -0.15) is 0 Å². The Balaban J connectivity index is 1.52. The summed E-state index contributed by atoms with van der Waals surface area (Å²) in [5.41, 5.74) is 3.96. The van der Waals surface area contributed by atoms with Crippen LogP contribution in [-0.2, 0) is 22.4 Å². The van der Waals surface area contributed by atoms with E-state index in [0.29, 0.717) is 13.0 Å². The first kappa shape index (κ1) is 26.0. The molecule has 4 N–H and O–H groups in total. The maximum atomic E-state index is 12.6. The molecule has 7 nitrogen and oxygen atoms in total. The lowest BCUT2D eigenvalue weighted by molar-refractivity contribution is -0.134. The Bertz CT molecular complexity index is 1110. The zero-order valence-electron chi connectivity index (χ0n) is 20.0. The van der Waals surface area contributed by atoms with Crippen LogP contribution in [-0.4, -0.2) is 48.6 Å². The minimum atomic E-state index is -1.77. The van der Waals surface area contributed by atoms with Gasteiger partial charge in [0.05, 0.1) is 13.1 Å². The van der Waals surface area contributed by atoms with E-state index in [0.717, 1.165) is 28.0 Å². The van der Waals surface area contributed by atoms with Crippen molar-refractivity contribution in [3.8, 4) is 16.9 Å². The Labute approximate surface area is 206 Å². The van der Waals surface area contributed by atoms with Crippen molar-refractivity contribution in [2.24, 2.45) is 5.92 Å². The van der Waals surface area contributed by atoms with Crippen molar-refractivity contribution in [3.63, 3.8) is 0 Å². The minimum Gasteiger partial charge on any atom is -0.497 e. The molecule has 0 aliphatic rings. The molecule has 3 aromatic carbocycles. The number of ether oxygens (including phenoxy) is 1. The van der Waals surface area contributed by atoms with Crippen molar-refractivity contribution in [3.05, 3.63) is 90.0 Å². The number of carbonyl (C=O) groups excluding carboxylic acids is 2. The molecule has 3 rings (SSSR count). The summed E-state index contributed by atoms with van der Waals surface area (Å²) in [6.07, 6.45) is 0.802. The van der Waals surface area contributed by atoms with Crippen molar-refractivity contribution in [1.29, 1.82) is 0 Å². The summed E-state index contributed by atoms with van der Waals surface area (Å²) in [5, 5.41) is 25.0. The lowest BCUT2D eigenvalue weighted by Crippen LogP contribution is -2.51. The summed E-state index contributed by atoms with van der Waals surface area (Å²) in [6.45, 7) is 1.86. The minimum absolute atomic E-state index is 0.211. The van der Waals surface area contributed by atoms with Crippen molar-refractivity contribution in [1.82, 2.24) is 10.6 Å². The molecule has 35 heavy (non-hydrogen) atoms. The Morgan fingerprint density at radius 1 is 0.886 bits per heavy atom. The summed E-state index contributed by atoms with van der Waals surface area (Å²) < 4.78 is 5.20. The van der Waals surface area contributed by atoms with E-state index in [1.54, 1.807) is 7.11 Å². The average molecular weight is 474 g/mol. The summed E-state index contributed by atoms with van der Waals surface area (Å²) in [6, 6.07) is 25.1. The fourth-order valence-electron chi connectivity index (χ4n) is 3.69. The molecule has 0 aliphatic heterocycles. The highest BCUT2D eigenvalue weighted by Gasteiger charge is 2.29. The highest BCUT2D eigenvalue weighted by Crippen LogP contribution is 2.20. The topological polar surface area (TPSA) is 108 Å². The second-order valence-electron chi connectivity index (χ2n) is 8.41. The van der Waals surface area contributed by atoms with Gasteiger partial charge in [0.2, 0.25) is 11.8 Å². The van der Waals surface area contributed by atoms with Crippen LogP contribution in [0.1, 0.15) is 18.1 Å². The molecule has 8 heteroatoms. The van der Waals surface area contributed by atoms with Crippen molar-refractivity contribution >= 4 is 18.9 Å². The van der Waals surface area contributed by atoms with Crippen molar-refractivity contribution < 1.29 is 24.4 Å². The first-order chi connectivity index (χ1) is 16.9. The molecule has 0 aromatic heterocycles. The van der Waals surface area contributed by atoms with Gasteiger partial charge in [0.25, 0.3) is 0 Å². The van der Waals surface area contributed by atoms with Crippen LogP contribution in [0.5, 0.6) is 5.75 Å². The van der Waals surface area contributed by atoms with Gasteiger partial charge in [-0.15, -0.1) is 0 Å². The highest BCUT2D eigenvalue weighted by atomic mass is 16.5. The van der Waals surface area contributed by atoms with Gasteiger partial charge in [0, 0.05) is 6.54 Å². The Hall–Kier alpha value is -3.62. The third-order valence-corrected chi connectivity index (χ3v) is 5.84. The molecule has 2 amide bonds. The van der Waals surface area contributed by atoms with Gasteiger partial charge in [0.15, 0.2) is 0 Å². The monoisotopic (exact) mass is 474 g/mol. The molecule has 2 unspecified atom stereocenters. The van der Waals surface area contributed by atoms with E-state index >= 15 is 0 Å². The van der Waals surface area contributed by atoms with Gasteiger partial charge in [0.1, 0.15) is 11.7 Å². The number of hydrogen-bond donors (Lipinski definition) is 4. The predicted octanol–water partition coefficient (Wildman–Crippen LogP) is 2.40. The van der Waals surface area contributed by atoms with Crippen LogP contribution >= 0.6 is 0 Å². The molecule has 2 atom stereocenters. The Morgan fingerprint density at radius 2 is 1.57 bits per heavy atom. The third kappa shape index (κ3) is 7.70. The van der Waals surface area contributed by atoms with Crippen LogP contribution in [0, 0.1) is 5.92 Å². The van der Waals surface area contributed by atoms with Gasteiger partial charge in [-0.1, -0.05) is 66.7 Å². The molecule has 0 heterocycles. The van der Waals surface area contributed by atoms with E-state index in [2.05, 4.69) is 10.6 Å². The molecule has 0 radical (unpaired) electrons. The predicted molar refractivity (Wildman–Crippen MR) is 137 cm³/mol. The summed E-state index contributed by atoms with van der Waals surface area (Å²) in [4.78, 5) is 25.1. The molecule has 0 spiro atoms. The van der Waals surface area contributed by atoms with E-state index in [1.165, 1.54) is 6.92 Å². The maximum Gasteiger partial charge on any atom is 0.475 e. The fourth-order valence-corrected chi connectivity index (χ4v) is 3.69. The fraction of sp³-hybridized carbons (Fsp3) is 0.259. The molecular formula is C27H31BN2O5.